The van der Waals surface area contributed by atoms with E-state index in [0.717, 1.165) is 0 Å². The quantitative estimate of drug-likeness (QED) is 0.688. The largest absolute Gasteiger partial charge is 0.433 e. The lowest BCUT2D eigenvalue weighted by Crippen LogP contribution is -2.50. The average molecular weight is 460 g/mol. The fourth-order valence-electron chi connectivity index (χ4n) is 3.04. The van der Waals surface area contributed by atoms with Crippen molar-refractivity contribution >= 4 is 33.2 Å². The third-order valence-electron chi connectivity index (χ3n) is 4.51. The van der Waals surface area contributed by atoms with Crippen LogP contribution >= 0.6 is 11.6 Å². The third kappa shape index (κ3) is 5.66. The fourth-order valence-corrected chi connectivity index (χ4v) is 4.71. The first kappa shape index (κ1) is 22.4. The Morgan fingerprint density at radius 3 is 2.37 bits per heavy atom. The first-order valence-corrected chi connectivity index (χ1v) is 10.9. The van der Waals surface area contributed by atoms with Gasteiger partial charge in [-0.3, -0.25) is 9.69 Å². The number of benzene rings is 2. The van der Waals surface area contributed by atoms with Gasteiger partial charge in [0, 0.05) is 31.9 Å². The highest BCUT2D eigenvalue weighted by Crippen LogP contribution is 2.29. The molecule has 30 heavy (non-hydrogen) atoms. The van der Waals surface area contributed by atoms with Gasteiger partial charge < -0.3 is 10.1 Å². The average Bonchev–Trinajstić information content (AvgIpc) is 2.71. The molecular weight excluding hydrogens is 440 g/mol. The number of sulfonamides is 1. The highest BCUT2D eigenvalue weighted by Gasteiger charge is 2.28. The molecule has 11 heteroatoms. The Hall–Kier alpha value is -2.27. The molecule has 1 saturated heterocycles. The molecule has 2 aromatic carbocycles. The molecule has 1 heterocycles. The van der Waals surface area contributed by atoms with Crippen molar-refractivity contribution < 1.29 is 26.7 Å². The van der Waals surface area contributed by atoms with Crippen molar-refractivity contribution in [2.24, 2.45) is 0 Å². The Bertz CT molecular complexity index is 985. The van der Waals surface area contributed by atoms with Gasteiger partial charge in [-0.15, -0.1) is 0 Å². The second-order valence-electron chi connectivity index (χ2n) is 6.57. The van der Waals surface area contributed by atoms with Crippen LogP contribution in [0.5, 0.6) is 5.75 Å². The van der Waals surface area contributed by atoms with E-state index in [9.17, 15) is 22.0 Å². The normalized spacial score (nSPS) is 15.9. The molecule has 1 aliphatic rings. The summed E-state index contributed by atoms with van der Waals surface area (Å²) in [5.74, 6) is -0.506. The van der Waals surface area contributed by atoms with Crippen molar-refractivity contribution in [3.05, 3.63) is 53.6 Å². The molecule has 7 nitrogen and oxygen atoms in total. The molecule has 0 unspecified atom stereocenters. The van der Waals surface area contributed by atoms with Crippen molar-refractivity contribution in [3.63, 3.8) is 0 Å². The molecule has 0 atom stereocenters. The number of amides is 1. The lowest BCUT2D eigenvalue weighted by atomic mass is 10.3. The predicted octanol–water partition coefficient (Wildman–Crippen LogP) is 2.89. The summed E-state index contributed by atoms with van der Waals surface area (Å²) in [6.45, 7) is -1.58. The second kappa shape index (κ2) is 9.69. The summed E-state index contributed by atoms with van der Waals surface area (Å²) in [6.07, 6.45) is 0. The van der Waals surface area contributed by atoms with Gasteiger partial charge in [-0.05, 0) is 30.3 Å². The molecule has 0 spiro atoms. The van der Waals surface area contributed by atoms with Crippen molar-refractivity contribution in [1.29, 1.82) is 0 Å². The van der Waals surface area contributed by atoms with E-state index in [1.165, 1.54) is 22.5 Å². The van der Waals surface area contributed by atoms with E-state index in [-0.39, 0.29) is 41.2 Å². The van der Waals surface area contributed by atoms with E-state index in [1.807, 2.05) is 4.90 Å². The van der Waals surface area contributed by atoms with Gasteiger partial charge >= 0.3 is 6.61 Å². The van der Waals surface area contributed by atoms with Crippen LogP contribution in [-0.2, 0) is 14.8 Å². The first-order valence-electron chi connectivity index (χ1n) is 9.07. The summed E-state index contributed by atoms with van der Waals surface area (Å²) in [4.78, 5) is 14.4. The molecule has 0 saturated carbocycles. The molecule has 2 aromatic rings. The molecule has 3 rings (SSSR count). The van der Waals surface area contributed by atoms with Crippen LogP contribution in [0.2, 0.25) is 5.02 Å². The fraction of sp³-hybridized carbons (Fsp3) is 0.316. The van der Waals surface area contributed by atoms with Crippen molar-refractivity contribution in [2.75, 3.05) is 38.0 Å². The van der Waals surface area contributed by atoms with Crippen LogP contribution in [0.25, 0.3) is 0 Å². The molecule has 0 bridgehead atoms. The van der Waals surface area contributed by atoms with Gasteiger partial charge in [0.15, 0.2) is 0 Å². The maximum Gasteiger partial charge on any atom is 0.387 e. The van der Waals surface area contributed by atoms with Crippen LogP contribution in [0.15, 0.2) is 53.4 Å². The zero-order chi connectivity index (χ0) is 21.7. The van der Waals surface area contributed by atoms with E-state index in [1.54, 1.807) is 30.3 Å². The van der Waals surface area contributed by atoms with Gasteiger partial charge in [-0.25, -0.2) is 8.42 Å². The van der Waals surface area contributed by atoms with Gasteiger partial charge in [0.05, 0.1) is 16.5 Å². The minimum Gasteiger partial charge on any atom is -0.433 e. The van der Waals surface area contributed by atoms with Gasteiger partial charge in [-0.2, -0.15) is 13.1 Å². The molecule has 1 amide bonds. The molecular formula is C19H20ClF2N3O4S. The minimum atomic E-state index is -3.55. The van der Waals surface area contributed by atoms with Crippen molar-refractivity contribution in [3.8, 4) is 5.75 Å². The van der Waals surface area contributed by atoms with Crippen LogP contribution in [-0.4, -0.2) is 62.9 Å². The van der Waals surface area contributed by atoms with E-state index in [4.69, 9.17) is 11.6 Å². The smallest absolute Gasteiger partial charge is 0.387 e. The number of rotatable bonds is 7. The highest BCUT2D eigenvalue weighted by atomic mass is 35.5. The number of ether oxygens (including phenoxy) is 1. The molecule has 0 aromatic heterocycles. The maximum atomic E-state index is 12.6. The number of nitrogens with zero attached hydrogens (tertiary/aromatic N) is 2. The van der Waals surface area contributed by atoms with E-state index >= 15 is 0 Å². The number of carbonyl (C=O) groups is 1. The highest BCUT2D eigenvalue weighted by molar-refractivity contribution is 7.89. The van der Waals surface area contributed by atoms with Gasteiger partial charge in [0.25, 0.3) is 0 Å². The van der Waals surface area contributed by atoms with Crippen molar-refractivity contribution in [1.82, 2.24) is 9.21 Å². The SMILES string of the molecule is O=C(CN1CCN(S(=O)(=O)c2ccccc2)CC1)Nc1ccc(OC(F)F)c(Cl)c1. The van der Waals surface area contributed by atoms with Gasteiger partial charge in [0.1, 0.15) is 5.75 Å². The number of hydrogen-bond donors (Lipinski definition) is 1. The van der Waals surface area contributed by atoms with Crippen molar-refractivity contribution in [2.45, 2.75) is 11.5 Å². The Labute approximate surface area is 178 Å². The molecule has 0 radical (unpaired) electrons. The van der Waals surface area contributed by atoms with E-state index < -0.39 is 16.6 Å². The van der Waals surface area contributed by atoms with Crippen LogP contribution in [0.4, 0.5) is 14.5 Å². The Kier molecular flexibility index (Phi) is 7.24. The van der Waals surface area contributed by atoms with E-state index in [2.05, 4.69) is 10.1 Å². The number of anilines is 1. The molecule has 1 aliphatic heterocycles. The number of nitrogens with one attached hydrogen (secondary N) is 1. The summed E-state index contributed by atoms with van der Waals surface area (Å²) in [6, 6.07) is 12.2. The summed E-state index contributed by atoms with van der Waals surface area (Å²) >= 11 is 5.88. The van der Waals surface area contributed by atoms with Gasteiger partial charge in [-0.1, -0.05) is 29.8 Å². The topological polar surface area (TPSA) is 79.0 Å². The number of halogens is 3. The van der Waals surface area contributed by atoms with Crippen LogP contribution in [0, 0.1) is 0 Å². The monoisotopic (exact) mass is 459 g/mol. The molecule has 162 valence electrons. The number of carbonyl (C=O) groups excluding carboxylic acids is 1. The van der Waals surface area contributed by atoms with Crippen LogP contribution < -0.4 is 10.1 Å². The van der Waals surface area contributed by atoms with Crippen LogP contribution in [0.1, 0.15) is 0 Å². The van der Waals surface area contributed by atoms with Gasteiger partial charge in [0.2, 0.25) is 15.9 Å². The maximum absolute atomic E-state index is 12.6. The standard InChI is InChI=1S/C19H20ClF2N3O4S/c20-16-12-14(6-7-17(16)29-19(21)22)23-18(26)13-24-8-10-25(11-9-24)30(27,28)15-4-2-1-3-5-15/h1-7,12,19H,8-11,13H2,(H,23,26). The summed E-state index contributed by atoms with van der Waals surface area (Å²) < 4.78 is 55.5. The zero-order valence-electron chi connectivity index (χ0n) is 15.8. The lowest BCUT2D eigenvalue weighted by Gasteiger charge is -2.33. The number of hydrogen-bond acceptors (Lipinski definition) is 5. The zero-order valence-corrected chi connectivity index (χ0v) is 17.4. The molecule has 1 N–H and O–H groups in total. The van der Waals surface area contributed by atoms with Crippen LogP contribution in [0.3, 0.4) is 0 Å². The summed E-state index contributed by atoms with van der Waals surface area (Å²) in [5.41, 5.74) is 0.344. The molecule has 1 fully saturated rings. The Morgan fingerprint density at radius 2 is 1.77 bits per heavy atom. The summed E-state index contributed by atoms with van der Waals surface area (Å²) in [7, 11) is -3.55. The Morgan fingerprint density at radius 1 is 1.10 bits per heavy atom. The number of alkyl halides is 2. The Balaban J connectivity index is 1.51. The lowest BCUT2D eigenvalue weighted by molar-refractivity contribution is -0.117. The molecule has 0 aliphatic carbocycles. The minimum absolute atomic E-state index is 0.0483. The number of piperazine rings is 1. The predicted molar refractivity (Wildman–Crippen MR) is 108 cm³/mol. The first-order chi connectivity index (χ1) is 14.3. The van der Waals surface area contributed by atoms with E-state index in [0.29, 0.717) is 18.8 Å². The second-order valence-corrected chi connectivity index (χ2v) is 8.91. The third-order valence-corrected chi connectivity index (χ3v) is 6.72. The summed E-state index contributed by atoms with van der Waals surface area (Å²) in [5, 5.41) is 2.59.